The van der Waals surface area contributed by atoms with Crippen LogP contribution in [0.2, 0.25) is 5.02 Å². The molecule has 3 unspecified atom stereocenters. The molecule has 11 heteroatoms. The van der Waals surface area contributed by atoms with Crippen LogP contribution in [0.5, 0.6) is 5.75 Å². The molecule has 3 aromatic rings. The molecule has 0 aliphatic carbocycles. The first-order chi connectivity index (χ1) is 23.7. The van der Waals surface area contributed by atoms with E-state index in [1.165, 1.54) is 4.90 Å². The zero-order chi connectivity index (χ0) is 34.9. The molecule has 6 rings (SSSR count). The minimum Gasteiger partial charge on any atom is -0.494 e. The maximum absolute atomic E-state index is 15.0. The van der Waals surface area contributed by atoms with Crippen molar-refractivity contribution >= 4 is 56.6 Å². The van der Waals surface area contributed by atoms with E-state index < -0.39 is 54.0 Å². The Bertz CT molecular complexity index is 1710. The van der Waals surface area contributed by atoms with Crippen LogP contribution >= 0.6 is 27.5 Å². The van der Waals surface area contributed by atoms with Crippen molar-refractivity contribution in [2.24, 2.45) is 11.8 Å². The highest BCUT2D eigenvalue weighted by atomic mass is 79.9. The predicted molar refractivity (Wildman–Crippen MR) is 193 cm³/mol. The Kier molecular flexibility index (Phi) is 10.3. The lowest BCUT2D eigenvalue weighted by Crippen LogP contribution is -2.58. The highest BCUT2D eigenvalue weighted by Crippen LogP contribution is 2.61. The second-order valence-corrected chi connectivity index (χ2v) is 14.0. The van der Waals surface area contributed by atoms with Crippen LogP contribution in [0.3, 0.4) is 0 Å². The van der Waals surface area contributed by atoms with E-state index in [1.807, 2.05) is 37.3 Å². The van der Waals surface area contributed by atoms with Crippen LogP contribution in [0.4, 0.5) is 11.4 Å². The van der Waals surface area contributed by atoms with Crippen molar-refractivity contribution < 1.29 is 29.0 Å². The minimum absolute atomic E-state index is 0.142. The molecule has 1 spiro atoms. The van der Waals surface area contributed by atoms with Gasteiger partial charge in [-0.1, -0.05) is 70.0 Å². The number of amides is 3. The topological polar surface area (TPSA) is 99.6 Å². The fraction of sp³-hybridized carbons (Fsp3) is 0.342. The van der Waals surface area contributed by atoms with Gasteiger partial charge in [0.25, 0.3) is 5.91 Å². The first kappa shape index (κ1) is 34.9. The number of likely N-dealkylation sites (tertiary alicyclic amines) is 1. The van der Waals surface area contributed by atoms with Crippen LogP contribution in [0.25, 0.3) is 0 Å². The van der Waals surface area contributed by atoms with Gasteiger partial charge in [0.05, 0.1) is 37.2 Å². The molecule has 1 N–H and O–H groups in total. The van der Waals surface area contributed by atoms with E-state index in [9.17, 15) is 14.7 Å². The number of halogens is 2. The number of nitrogens with zero attached hydrogens (tertiary/aromatic N) is 3. The molecule has 3 amide bonds. The quantitative estimate of drug-likeness (QED) is 0.171. The molecular formula is C38H39BrClN3O6. The third-order valence-corrected chi connectivity index (χ3v) is 10.8. The van der Waals surface area contributed by atoms with Crippen molar-refractivity contribution in [2.45, 2.75) is 42.0 Å². The summed E-state index contributed by atoms with van der Waals surface area (Å²) in [5.74, 6) is -2.37. The van der Waals surface area contributed by atoms with Crippen LogP contribution in [0.15, 0.2) is 104 Å². The molecule has 7 atom stereocenters. The Morgan fingerprint density at radius 3 is 2.18 bits per heavy atom. The number of aliphatic hydroxyl groups is 1. The second-order valence-electron chi connectivity index (χ2n) is 12.4. The molecular weight excluding hydrogens is 710 g/mol. The van der Waals surface area contributed by atoms with E-state index in [-0.39, 0.29) is 23.8 Å². The summed E-state index contributed by atoms with van der Waals surface area (Å²) in [6.07, 6.45) is 2.88. The summed E-state index contributed by atoms with van der Waals surface area (Å²) in [4.78, 5) is 49.1. The molecule has 2 bridgehead atoms. The van der Waals surface area contributed by atoms with Gasteiger partial charge in [0.2, 0.25) is 11.8 Å². The van der Waals surface area contributed by atoms with Gasteiger partial charge in [0, 0.05) is 34.3 Å². The van der Waals surface area contributed by atoms with Crippen LogP contribution in [-0.4, -0.2) is 76.6 Å². The highest BCUT2D eigenvalue weighted by Gasteiger charge is 2.77. The Hall–Kier alpha value is -3.96. The number of alkyl halides is 1. The number of hydrogen-bond donors (Lipinski definition) is 1. The third kappa shape index (κ3) is 6.09. The summed E-state index contributed by atoms with van der Waals surface area (Å²) in [6.45, 7) is 10.1. The van der Waals surface area contributed by atoms with E-state index >= 15 is 4.79 Å². The Morgan fingerprint density at radius 1 is 1.02 bits per heavy atom. The molecule has 3 aliphatic rings. The van der Waals surface area contributed by atoms with E-state index in [2.05, 4.69) is 29.1 Å². The number of carbonyl (C=O) groups excluding carboxylic acids is 3. The number of anilines is 2. The Balaban J connectivity index is 1.47. The summed E-state index contributed by atoms with van der Waals surface area (Å²) in [6, 6.07) is 21.1. The normalized spacial score (nSPS) is 25.8. The molecule has 0 aromatic heterocycles. The summed E-state index contributed by atoms with van der Waals surface area (Å²) in [5, 5.41) is 11.4. The van der Waals surface area contributed by atoms with Crippen molar-refractivity contribution in [3.63, 3.8) is 0 Å². The fourth-order valence-electron chi connectivity index (χ4n) is 7.74. The average molecular weight is 749 g/mol. The van der Waals surface area contributed by atoms with Gasteiger partial charge in [-0.15, -0.1) is 13.2 Å². The SMILES string of the molecule is C=CCN(C(=O)C1N([C@H](CO)c2ccccc2)C(=O)[C@@H]2[C@@H](C(=O)N(CC=C)c3ccc(OCC)cc3)[C@@H]3OC12CC3Br)c1ccc(Cl)cc1. The summed E-state index contributed by atoms with van der Waals surface area (Å²) in [5.41, 5.74) is 0.471. The van der Waals surface area contributed by atoms with Crippen molar-refractivity contribution in [3.8, 4) is 5.75 Å². The summed E-state index contributed by atoms with van der Waals surface area (Å²) < 4.78 is 12.4. The van der Waals surface area contributed by atoms with Gasteiger partial charge in [0.15, 0.2) is 0 Å². The lowest BCUT2D eigenvalue weighted by atomic mass is 9.70. The van der Waals surface area contributed by atoms with E-state index in [4.69, 9.17) is 21.1 Å². The van der Waals surface area contributed by atoms with Crippen molar-refractivity contribution in [1.82, 2.24) is 4.90 Å². The van der Waals surface area contributed by atoms with Crippen LogP contribution in [0.1, 0.15) is 24.9 Å². The lowest BCUT2D eigenvalue weighted by molar-refractivity contribution is -0.144. The van der Waals surface area contributed by atoms with Crippen LogP contribution in [0, 0.1) is 11.8 Å². The van der Waals surface area contributed by atoms with Gasteiger partial charge in [-0.2, -0.15) is 0 Å². The van der Waals surface area contributed by atoms with Gasteiger partial charge >= 0.3 is 0 Å². The van der Waals surface area contributed by atoms with Crippen molar-refractivity contribution in [2.75, 3.05) is 36.1 Å². The van der Waals surface area contributed by atoms with Crippen molar-refractivity contribution in [1.29, 1.82) is 0 Å². The molecule has 0 radical (unpaired) electrons. The Labute approximate surface area is 299 Å². The maximum atomic E-state index is 15.0. The number of fused-ring (bicyclic) bond motifs is 1. The van der Waals surface area contributed by atoms with Crippen LogP contribution in [-0.2, 0) is 19.1 Å². The average Bonchev–Trinajstić information content (AvgIpc) is 3.71. The Morgan fingerprint density at radius 2 is 1.61 bits per heavy atom. The predicted octanol–water partition coefficient (Wildman–Crippen LogP) is 5.96. The van der Waals surface area contributed by atoms with E-state index in [0.717, 1.165) is 0 Å². The molecule has 3 aromatic carbocycles. The number of benzene rings is 3. The third-order valence-electron chi connectivity index (χ3n) is 9.69. The molecule has 3 heterocycles. The van der Waals surface area contributed by atoms with Crippen LogP contribution < -0.4 is 14.5 Å². The molecule has 0 saturated carbocycles. The second kappa shape index (κ2) is 14.5. The molecule has 3 fully saturated rings. The molecule has 3 saturated heterocycles. The first-order valence-electron chi connectivity index (χ1n) is 16.3. The summed E-state index contributed by atoms with van der Waals surface area (Å²) in [7, 11) is 0. The summed E-state index contributed by atoms with van der Waals surface area (Å²) >= 11 is 9.97. The van der Waals surface area contributed by atoms with Gasteiger partial charge < -0.3 is 29.3 Å². The number of hydrogen-bond acceptors (Lipinski definition) is 6. The monoisotopic (exact) mass is 747 g/mol. The smallest absolute Gasteiger partial charge is 0.253 e. The number of ether oxygens (including phenoxy) is 2. The molecule has 256 valence electrons. The zero-order valence-corrected chi connectivity index (χ0v) is 29.5. The van der Waals surface area contributed by atoms with Gasteiger partial charge in [0.1, 0.15) is 17.4 Å². The molecule has 9 nitrogen and oxygen atoms in total. The number of carbonyl (C=O) groups is 3. The first-order valence-corrected chi connectivity index (χ1v) is 17.6. The highest BCUT2D eigenvalue weighted by molar-refractivity contribution is 9.09. The molecule has 49 heavy (non-hydrogen) atoms. The van der Waals surface area contributed by atoms with Crippen molar-refractivity contribution in [3.05, 3.63) is 115 Å². The van der Waals surface area contributed by atoms with E-state index in [1.54, 1.807) is 70.5 Å². The zero-order valence-electron chi connectivity index (χ0n) is 27.2. The number of aliphatic hydroxyl groups excluding tert-OH is 1. The molecule has 3 aliphatic heterocycles. The largest absolute Gasteiger partial charge is 0.494 e. The fourth-order valence-corrected chi connectivity index (χ4v) is 8.80. The van der Waals surface area contributed by atoms with Gasteiger partial charge in [-0.05, 0) is 67.4 Å². The van der Waals surface area contributed by atoms with Gasteiger partial charge in [-0.3, -0.25) is 14.4 Å². The standard InChI is InChI=1S/C38H39BrClN3O6/c1-4-20-41(27-16-18-28(19-17-27)48-6-3)35(45)31-32-36(46)43(30(23-44)24-10-8-7-9-11-24)34(38(32)22-29(39)33(31)49-38)37(47)42(21-5-2)26-14-12-25(40)13-15-26/h4-5,7-19,29-34,44H,1-2,6,20-23H2,3H3/t29?,30-,31-,32+,33-,34?,38?/m1/s1. The van der Waals surface area contributed by atoms with E-state index in [0.29, 0.717) is 40.7 Å². The minimum atomic E-state index is -1.36. The number of rotatable bonds is 13. The van der Waals surface area contributed by atoms with Gasteiger partial charge in [-0.25, -0.2) is 0 Å². The lowest BCUT2D eigenvalue weighted by Gasteiger charge is -2.39. The maximum Gasteiger partial charge on any atom is 0.253 e.